The molecule has 0 amide bonds. The minimum absolute atomic E-state index is 0.329. The van der Waals surface area contributed by atoms with Crippen molar-refractivity contribution in [2.45, 2.75) is 19.8 Å². The van der Waals surface area contributed by atoms with Gasteiger partial charge in [-0.15, -0.1) is 0 Å². The Bertz CT molecular complexity index is 622. The molecule has 2 heterocycles. The molecule has 1 aromatic carbocycles. The fourth-order valence-corrected chi connectivity index (χ4v) is 2.85. The average molecular weight is 300 g/mol. The van der Waals surface area contributed by atoms with Crippen LogP contribution in [0.1, 0.15) is 24.1 Å². The second-order valence-electron chi connectivity index (χ2n) is 5.34. The van der Waals surface area contributed by atoms with E-state index in [-0.39, 0.29) is 0 Å². The van der Waals surface area contributed by atoms with Crippen LogP contribution >= 0.6 is 11.6 Å². The number of aryl methyl sites for hydroxylation is 1. The van der Waals surface area contributed by atoms with Crippen LogP contribution in [-0.2, 0) is 0 Å². The third kappa shape index (κ3) is 3.61. The maximum atomic E-state index is 5.95. The fraction of sp³-hybridized carbons (Fsp3) is 0.294. The molecular weight excluding hydrogens is 282 g/mol. The van der Waals surface area contributed by atoms with Crippen LogP contribution in [0.3, 0.4) is 0 Å². The van der Waals surface area contributed by atoms with Gasteiger partial charge in [0.25, 0.3) is 0 Å². The molecule has 2 aromatic rings. The maximum absolute atomic E-state index is 5.95. The summed E-state index contributed by atoms with van der Waals surface area (Å²) in [5, 5.41) is 0.329. The van der Waals surface area contributed by atoms with E-state index in [4.69, 9.17) is 11.6 Å². The number of rotatable bonds is 2. The first-order chi connectivity index (χ1) is 10.2. The first-order valence-electron chi connectivity index (χ1n) is 7.21. The van der Waals surface area contributed by atoms with Crippen LogP contribution in [0.2, 0.25) is 5.28 Å². The summed E-state index contributed by atoms with van der Waals surface area (Å²) in [6.07, 6.45) is 4.43. The first-order valence-corrected chi connectivity index (χ1v) is 7.59. The number of benzene rings is 1. The van der Waals surface area contributed by atoms with E-state index >= 15 is 0 Å². The quantitative estimate of drug-likeness (QED) is 0.781. The van der Waals surface area contributed by atoms with Gasteiger partial charge in [0, 0.05) is 24.8 Å². The topological polar surface area (TPSA) is 29.0 Å². The lowest BCUT2D eigenvalue weighted by Gasteiger charge is -2.29. The molecule has 1 aromatic heterocycles. The Morgan fingerprint density at radius 2 is 1.81 bits per heavy atom. The van der Waals surface area contributed by atoms with Crippen molar-refractivity contribution >= 4 is 23.5 Å². The van der Waals surface area contributed by atoms with Gasteiger partial charge < -0.3 is 4.90 Å². The molecule has 0 saturated carbocycles. The zero-order valence-electron chi connectivity index (χ0n) is 12.1. The van der Waals surface area contributed by atoms with Crippen LogP contribution in [0.25, 0.3) is 6.08 Å². The molecule has 0 N–H and O–H groups in total. The molecule has 0 bridgehead atoms. The van der Waals surface area contributed by atoms with Crippen molar-refractivity contribution in [1.29, 1.82) is 0 Å². The highest BCUT2D eigenvalue weighted by Gasteiger charge is 2.16. The van der Waals surface area contributed by atoms with E-state index in [1.54, 1.807) is 0 Å². The largest absolute Gasteiger partial charge is 0.356 e. The average Bonchev–Trinajstić information content (AvgIpc) is 2.48. The van der Waals surface area contributed by atoms with Gasteiger partial charge in [-0.25, -0.2) is 9.97 Å². The SMILES string of the molecule is Cc1cc(N2CCC(=Cc3ccccc3)CC2)nc(Cl)n1. The van der Waals surface area contributed by atoms with E-state index in [1.165, 1.54) is 11.1 Å². The number of hydrogen-bond donors (Lipinski definition) is 0. The molecule has 3 rings (SSSR count). The highest BCUT2D eigenvalue weighted by atomic mass is 35.5. The highest BCUT2D eigenvalue weighted by Crippen LogP contribution is 2.24. The summed E-state index contributed by atoms with van der Waals surface area (Å²) >= 11 is 5.95. The van der Waals surface area contributed by atoms with Crippen molar-refractivity contribution < 1.29 is 0 Å². The van der Waals surface area contributed by atoms with Crippen LogP contribution in [0.15, 0.2) is 42.0 Å². The second kappa shape index (κ2) is 6.27. The number of nitrogens with zero attached hydrogens (tertiary/aromatic N) is 3. The fourth-order valence-electron chi connectivity index (χ4n) is 2.63. The number of halogens is 1. The zero-order chi connectivity index (χ0) is 14.7. The van der Waals surface area contributed by atoms with Gasteiger partial charge in [-0.3, -0.25) is 0 Å². The molecule has 108 valence electrons. The van der Waals surface area contributed by atoms with Gasteiger partial charge in [-0.1, -0.05) is 42.0 Å². The van der Waals surface area contributed by atoms with Gasteiger partial charge in [0.2, 0.25) is 5.28 Å². The Morgan fingerprint density at radius 3 is 2.48 bits per heavy atom. The summed E-state index contributed by atoms with van der Waals surface area (Å²) in [6, 6.07) is 12.5. The maximum Gasteiger partial charge on any atom is 0.224 e. The third-order valence-electron chi connectivity index (χ3n) is 3.71. The minimum atomic E-state index is 0.329. The van der Waals surface area contributed by atoms with Gasteiger partial charge in [0.05, 0.1) is 0 Å². The zero-order valence-corrected chi connectivity index (χ0v) is 12.8. The number of piperidine rings is 1. The van der Waals surface area contributed by atoms with E-state index in [9.17, 15) is 0 Å². The Hall–Kier alpha value is -1.87. The summed E-state index contributed by atoms with van der Waals surface area (Å²) < 4.78 is 0. The molecule has 1 fully saturated rings. The predicted molar refractivity (Wildman–Crippen MR) is 87.6 cm³/mol. The normalized spacial score (nSPS) is 15.1. The van der Waals surface area contributed by atoms with Crippen molar-refractivity contribution in [1.82, 2.24) is 9.97 Å². The van der Waals surface area contributed by atoms with Gasteiger partial charge in [0.1, 0.15) is 5.82 Å². The monoisotopic (exact) mass is 299 g/mol. The molecule has 0 spiro atoms. The molecule has 4 heteroatoms. The number of aromatic nitrogens is 2. The molecule has 0 radical (unpaired) electrons. The highest BCUT2D eigenvalue weighted by molar-refractivity contribution is 6.28. The lowest BCUT2D eigenvalue weighted by atomic mass is 10.0. The minimum Gasteiger partial charge on any atom is -0.356 e. The Balaban J connectivity index is 1.69. The van der Waals surface area contributed by atoms with E-state index < -0.39 is 0 Å². The van der Waals surface area contributed by atoms with E-state index in [0.29, 0.717) is 5.28 Å². The Labute approximate surface area is 130 Å². The van der Waals surface area contributed by atoms with Crippen molar-refractivity contribution in [2.75, 3.05) is 18.0 Å². The summed E-state index contributed by atoms with van der Waals surface area (Å²) in [4.78, 5) is 10.7. The van der Waals surface area contributed by atoms with Crippen molar-refractivity contribution in [3.05, 3.63) is 58.5 Å². The Kier molecular flexibility index (Phi) is 4.20. The third-order valence-corrected chi connectivity index (χ3v) is 3.88. The van der Waals surface area contributed by atoms with Crippen LogP contribution < -0.4 is 4.90 Å². The predicted octanol–water partition coefficient (Wildman–Crippen LogP) is 4.12. The number of anilines is 1. The molecule has 3 nitrogen and oxygen atoms in total. The smallest absolute Gasteiger partial charge is 0.224 e. The van der Waals surface area contributed by atoms with E-state index in [2.05, 4.69) is 45.2 Å². The summed E-state index contributed by atoms with van der Waals surface area (Å²) in [5.74, 6) is 0.936. The molecule has 1 saturated heterocycles. The van der Waals surface area contributed by atoms with Crippen LogP contribution in [-0.4, -0.2) is 23.1 Å². The molecule has 0 aliphatic carbocycles. The van der Waals surface area contributed by atoms with Crippen molar-refractivity contribution in [3.63, 3.8) is 0 Å². The lowest BCUT2D eigenvalue weighted by Crippen LogP contribution is -2.31. The van der Waals surface area contributed by atoms with Crippen molar-refractivity contribution in [2.24, 2.45) is 0 Å². The lowest BCUT2D eigenvalue weighted by molar-refractivity contribution is 0.679. The van der Waals surface area contributed by atoms with Crippen LogP contribution in [0.4, 0.5) is 5.82 Å². The Morgan fingerprint density at radius 1 is 1.10 bits per heavy atom. The molecule has 21 heavy (non-hydrogen) atoms. The van der Waals surface area contributed by atoms with Gasteiger partial charge in [-0.05, 0) is 36.9 Å². The van der Waals surface area contributed by atoms with E-state index in [0.717, 1.165) is 37.4 Å². The molecule has 0 unspecified atom stereocenters. The van der Waals surface area contributed by atoms with Crippen LogP contribution in [0.5, 0.6) is 0 Å². The van der Waals surface area contributed by atoms with Gasteiger partial charge in [-0.2, -0.15) is 0 Å². The molecule has 0 atom stereocenters. The van der Waals surface area contributed by atoms with Crippen LogP contribution in [0, 0.1) is 6.92 Å². The summed E-state index contributed by atoms with van der Waals surface area (Å²) in [5.41, 5.74) is 3.69. The summed E-state index contributed by atoms with van der Waals surface area (Å²) in [7, 11) is 0. The van der Waals surface area contributed by atoms with Gasteiger partial charge >= 0.3 is 0 Å². The molecular formula is C17H18ClN3. The second-order valence-corrected chi connectivity index (χ2v) is 5.67. The molecule has 1 aliphatic rings. The summed E-state index contributed by atoms with van der Waals surface area (Å²) in [6.45, 7) is 3.90. The number of hydrogen-bond acceptors (Lipinski definition) is 3. The molecule has 1 aliphatic heterocycles. The van der Waals surface area contributed by atoms with Gasteiger partial charge in [0.15, 0.2) is 0 Å². The van der Waals surface area contributed by atoms with E-state index in [1.807, 2.05) is 19.1 Å². The van der Waals surface area contributed by atoms with Crippen molar-refractivity contribution in [3.8, 4) is 0 Å². The first kappa shape index (κ1) is 14.1. The standard InChI is InChI=1S/C17H18ClN3/c1-13-11-16(20-17(18)19-13)21-9-7-15(8-10-21)12-14-5-3-2-4-6-14/h2-6,11-12H,7-10H2,1H3.